The van der Waals surface area contributed by atoms with Crippen LogP contribution in [0.2, 0.25) is 0 Å². The molecule has 1 heterocycles. The van der Waals surface area contributed by atoms with Crippen molar-refractivity contribution in [3.63, 3.8) is 0 Å². The molecule has 0 aliphatic carbocycles. The Labute approximate surface area is 220 Å². The summed E-state index contributed by atoms with van der Waals surface area (Å²) < 4.78 is 11.7. The molecular formula is C30H25N3O3S. The van der Waals surface area contributed by atoms with Crippen LogP contribution >= 0.6 is 12.2 Å². The van der Waals surface area contributed by atoms with Gasteiger partial charge in [0, 0.05) is 16.8 Å². The van der Waals surface area contributed by atoms with Gasteiger partial charge in [0.15, 0.2) is 10.7 Å². The summed E-state index contributed by atoms with van der Waals surface area (Å²) in [7, 11) is 0. The summed E-state index contributed by atoms with van der Waals surface area (Å²) in [5, 5.41) is 5.94. The zero-order chi connectivity index (χ0) is 25.6. The molecule has 0 bridgehead atoms. The van der Waals surface area contributed by atoms with Crippen LogP contribution < -0.4 is 15.4 Å². The Balaban J connectivity index is 1.18. The van der Waals surface area contributed by atoms with E-state index in [9.17, 15) is 4.79 Å². The molecule has 0 spiro atoms. The lowest BCUT2D eigenvalue weighted by Crippen LogP contribution is -2.34. The van der Waals surface area contributed by atoms with Crippen LogP contribution in [-0.4, -0.2) is 16.0 Å². The van der Waals surface area contributed by atoms with Crippen molar-refractivity contribution in [1.82, 2.24) is 10.3 Å². The van der Waals surface area contributed by atoms with Gasteiger partial charge in [-0.3, -0.25) is 10.1 Å². The van der Waals surface area contributed by atoms with E-state index in [-0.39, 0.29) is 11.0 Å². The maximum absolute atomic E-state index is 12.6. The lowest BCUT2D eigenvalue weighted by Gasteiger charge is -2.10. The van der Waals surface area contributed by atoms with Gasteiger partial charge in [-0.05, 0) is 84.4 Å². The average Bonchev–Trinajstić information content (AvgIpc) is 3.36. The molecule has 0 unspecified atom stereocenters. The number of carbonyl (C=O) groups excluding carboxylic acids is 1. The number of fused-ring (bicyclic) bond motifs is 1. The molecule has 0 saturated heterocycles. The van der Waals surface area contributed by atoms with Gasteiger partial charge in [-0.25, -0.2) is 4.98 Å². The molecule has 0 fully saturated rings. The highest BCUT2D eigenvalue weighted by Crippen LogP contribution is 2.26. The topological polar surface area (TPSA) is 76.4 Å². The predicted molar refractivity (Wildman–Crippen MR) is 150 cm³/mol. The van der Waals surface area contributed by atoms with Crippen molar-refractivity contribution in [2.75, 3.05) is 5.32 Å². The molecule has 5 rings (SSSR count). The molecule has 37 heavy (non-hydrogen) atoms. The van der Waals surface area contributed by atoms with Crippen LogP contribution in [0, 0.1) is 0 Å². The lowest BCUT2D eigenvalue weighted by atomic mass is 10.1. The molecule has 6 nitrogen and oxygen atoms in total. The number of nitrogens with one attached hydrogen (secondary N) is 2. The monoisotopic (exact) mass is 507 g/mol. The number of nitrogens with zero attached hydrogens (tertiary/aromatic N) is 1. The smallest absolute Gasteiger partial charge is 0.257 e. The number of thiocarbonyl (C=S) groups is 1. The number of hydrogen-bond donors (Lipinski definition) is 2. The third kappa shape index (κ3) is 6.02. The zero-order valence-corrected chi connectivity index (χ0v) is 21.0. The summed E-state index contributed by atoms with van der Waals surface area (Å²) >= 11 is 5.35. The number of oxazole rings is 1. The molecular weight excluding hydrogens is 482 g/mol. The third-order valence-corrected chi connectivity index (χ3v) is 6.05. The lowest BCUT2D eigenvalue weighted by molar-refractivity contribution is 0.0977. The molecule has 1 amide bonds. The SMILES string of the molecule is CCc1ccc(-c2nc3cc(NC(=S)NC(=O)c4ccc(OCc5ccccc5)cc4)ccc3o2)cc1. The van der Waals surface area contributed by atoms with Gasteiger partial charge in [-0.2, -0.15) is 0 Å². The number of anilines is 1. The van der Waals surface area contributed by atoms with Crippen molar-refractivity contribution in [2.24, 2.45) is 0 Å². The van der Waals surface area contributed by atoms with E-state index < -0.39 is 0 Å². The number of benzene rings is 4. The number of aromatic nitrogens is 1. The fourth-order valence-electron chi connectivity index (χ4n) is 3.79. The number of ether oxygens (including phenoxy) is 1. The summed E-state index contributed by atoms with van der Waals surface area (Å²) in [5.41, 5.74) is 5.79. The predicted octanol–water partition coefficient (Wildman–Crippen LogP) is 6.76. The van der Waals surface area contributed by atoms with Crippen molar-refractivity contribution in [3.8, 4) is 17.2 Å². The zero-order valence-electron chi connectivity index (χ0n) is 20.2. The van der Waals surface area contributed by atoms with Gasteiger partial charge in [0.25, 0.3) is 5.91 Å². The van der Waals surface area contributed by atoms with Crippen molar-refractivity contribution in [1.29, 1.82) is 0 Å². The number of hydrogen-bond acceptors (Lipinski definition) is 5. The second-order valence-corrected chi connectivity index (χ2v) is 8.87. The van der Waals surface area contributed by atoms with E-state index in [1.165, 1.54) is 5.56 Å². The first-order chi connectivity index (χ1) is 18.1. The minimum Gasteiger partial charge on any atom is -0.489 e. The normalized spacial score (nSPS) is 10.7. The van der Waals surface area contributed by atoms with Gasteiger partial charge in [0.05, 0.1) is 0 Å². The summed E-state index contributed by atoms with van der Waals surface area (Å²) in [6.45, 7) is 2.58. The maximum atomic E-state index is 12.6. The Morgan fingerprint density at radius 3 is 2.41 bits per heavy atom. The molecule has 184 valence electrons. The molecule has 2 N–H and O–H groups in total. The highest BCUT2D eigenvalue weighted by Gasteiger charge is 2.11. The molecule has 0 radical (unpaired) electrons. The molecule has 0 aliphatic rings. The first-order valence-electron chi connectivity index (χ1n) is 12.0. The first kappa shape index (κ1) is 24.2. The van der Waals surface area contributed by atoms with E-state index in [4.69, 9.17) is 21.4 Å². The van der Waals surface area contributed by atoms with Crippen molar-refractivity contribution in [2.45, 2.75) is 20.0 Å². The molecule has 0 atom stereocenters. The van der Waals surface area contributed by atoms with Crippen LogP contribution in [0.4, 0.5) is 5.69 Å². The van der Waals surface area contributed by atoms with E-state index in [2.05, 4.69) is 34.7 Å². The van der Waals surface area contributed by atoms with Crippen molar-refractivity contribution in [3.05, 3.63) is 114 Å². The van der Waals surface area contributed by atoms with Gasteiger partial charge >= 0.3 is 0 Å². The highest BCUT2D eigenvalue weighted by molar-refractivity contribution is 7.80. The van der Waals surface area contributed by atoms with Crippen molar-refractivity contribution < 1.29 is 13.9 Å². The standard InChI is InChI=1S/C30H25N3O3S/c1-2-20-8-10-23(11-9-20)29-32-26-18-24(14-17-27(26)36-29)31-30(37)33-28(34)22-12-15-25(16-13-22)35-19-21-6-4-3-5-7-21/h3-18H,2,19H2,1H3,(H2,31,33,34,37). The van der Waals surface area contributed by atoms with Crippen molar-refractivity contribution >= 4 is 40.0 Å². The van der Waals surface area contributed by atoms with Crippen LogP contribution in [0.15, 0.2) is 101 Å². The number of carbonyl (C=O) groups is 1. The quantitative estimate of drug-likeness (QED) is 0.237. The minimum absolute atomic E-state index is 0.188. The number of rotatable bonds is 7. The maximum Gasteiger partial charge on any atom is 0.257 e. The van der Waals surface area contributed by atoms with E-state index in [0.29, 0.717) is 40.6 Å². The Hall–Kier alpha value is -4.49. The highest BCUT2D eigenvalue weighted by atomic mass is 32.1. The van der Waals surface area contributed by atoms with Gasteiger partial charge in [-0.1, -0.05) is 49.4 Å². The van der Waals surface area contributed by atoms with E-state index in [1.54, 1.807) is 24.3 Å². The van der Waals surface area contributed by atoms with Crippen LogP contribution in [0.3, 0.4) is 0 Å². The number of amides is 1. The van der Waals surface area contributed by atoms with Gasteiger partial charge in [0.1, 0.15) is 17.9 Å². The molecule has 0 saturated carbocycles. The van der Waals surface area contributed by atoms with Crippen LogP contribution in [-0.2, 0) is 13.0 Å². The van der Waals surface area contributed by atoms with Crippen LogP contribution in [0.1, 0.15) is 28.4 Å². The summed E-state index contributed by atoms with van der Waals surface area (Å²) in [4.78, 5) is 17.3. The molecule has 1 aromatic heterocycles. The van der Waals surface area contributed by atoms with E-state index >= 15 is 0 Å². The first-order valence-corrected chi connectivity index (χ1v) is 12.4. The molecule has 5 aromatic rings. The van der Waals surface area contributed by atoms with Gasteiger partial charge in [-0.15, -0.1) is 0 Å². The van der Waals surface area contributed by atoms with E-state index in [1.807, 2.05) is 60.7 Å². The van der Waals surface area contributed by atoms with Gasteiger partial charge in [0.2, 0.25) is 5.89 Å². The Morgan fingerprint density at radius 2 is 1.68 bits per heavy atom. The largest absolute Gasteiger partial charge is 0.489 e. The summed E-state index contributed by atoms with van der Waals surface area (Å²) in [5.74, 6) is 0.928. The van der Waals surface area contributed by atoms with Crippen LogP contribution in [0.25, 0.3) is 22.6 Å². The fraction of sp³-hybridized carbons (Fsp3) is 0.100. The molecule has 4 aromatic carbocycles. The minimum atomic E-state index is -0.313. The summed E-state index contributed by atoms with van der Waals surface area (Å²) in [6.07, 6.45) is 0.980. The average molecular weight is 508 g/mol. The van der Waals surface area contributed by atoms with E-state index in [0.717, 1.165) is 17.5 Å². The fourth-order valence-corrected chi connectivity index (χ4v) is 4.00. The number of aryl methyl sites for hydroxylation is 1. The Morgan fingerprint density at radius 1 is 0.919 bits per heavy atom. The second kappa shape index (κ2) is 11.1. The van der Waals surface area contributed by atoms with Gasteiger partial charge < -0.3 is 14.5 Å². The molecule has 7 heteroatoms. The second-order valence-electron chi connectivity index (χ2n) is 8.46. The third-order valence-electron chi connectivity index (χ3n) is 5.85. The Bertz CT molecular complexity index is 1530. The Kier molecular flexibility index (Phi) is 7.23. The summed E-state index contributed by atoms with van der Waals surface area (Å²) in [6, 6.07) is 30.5. The van der Waals surface area contributed by atoms with Crippen LogP contribution in [0.5, 0.6) is 5.75 Å². The molecule has 0 aliphatic heterocycles.